The first-order valence-electron chi connectivity index (χ1n) is 7.85. The zero-order valence-corrected chi connectivity index (χ0v) is 13.9. The molecule has 122 valence electrons. The van der Waals surface area contributed by atoms with Crippen molar-refractivity contribution in [2.45, 2.75) is 33.3 Å². The molecule has 0 aliphatic rings. The summed E-state index contributed by atoms with van der Waals surface area (Å²) in [5.41, 5.74) is 4.10. The highest BCUT2D eigenvalue weighted by Gasteiger charge is 2.08. The van der Waals surface area contributed by atoms with E-state index in [1.807, 2.05) is 30.3 Å². The summed E-state index contributed by atoms with van der Waals surface area (Å²) in [6.07, 6.45) is 1.45. The first kappa shape index (κ1) is 16.9. The number of carbonyl (C=O) groups is 1. The summed E-state index contributed by atoms with van der Waals surface area (Å²) in [6, 6.07) is 13.8. The molecule has 0 aliphatic carbocycles. The lowest BCUT2D eigenvalue weighted by Gasteiger charge is -2.14. The lowest BCUT2D eigenvalue weighted by atomic mass is 10.1. The predicted octanol–water partition coefficient (Wildman–Crippen LogP) is 4.57. The van der Waals surface area contributed by atoms with Gasteiger partial charge in [0.1, 0.15) is 12.4 Å². The Morgan fingerprint density at radius 2 is 1.83 bits per heavy atom. The van der Waals surface area contributed by atoms with E-state index in [-0.39, 0.29) is 0 Å². The minimum atomic E-state index is -0.487. The first-order valence-corrected chi connectivity index (χ1v) is 7.85. The number of rotatable bonds is 6. The van der Waals surface area contributed by atoms with Gasteiger partial charge in [0.25, 0.3) is 0 Å². The molecule has 0 unspecified atom stereocenters. The Bertz CT molecular complexity index is 667. The molecule has 0 fully saturated rings. The Morgan fingerprint density at radius 1 is 1.04 bits per heavy atom. The van der Waals surface area contributed by atoms with E-state index in [4.69, 9.17) is 4.74 Å². The molecule has 4 heteroatoms. The number of anilines is 1. The van der Waals surface area contributed by atoms with Gasteiger partial charge in [0.15, 0.2) is 0 Å². The van der Waals surface area contributed by atoms with Crippen molar-refractivity contribution in [2.75, 3.05) is 12.4 Å². The number of aryl methyl sites for hydroxylation is 2. The largest absolute Gasteiger partial charge is 0.489 e. The summed E-state index contributed by atoms with van der Waals surface area (Å²) in [4.78, 5) is 11.4. The Morgan fingerprint density at radius 3 is 2.52 bits per heavy atom. The molecule has 23 heavy (non-hydrogen) atoms. The summed E-state index contributed by atoms with van der Waals surface area (Å²) in [5.74, 6) is 0.887. The molecular weight excluding hydrogens is 290 g/mol. The van der Waals surface area contributed by atoms with Crippen molar-refractivity contribution in [3.05, 3.63) is 59.2 Å². The van der Waals surface area contributed by atoms with Crippen molar-refractivity contribution in [3.63, 3.8) is 0 Å². The maximum Gasteiger partial charge on any atom is 0.411 e. The average molecular weight is 313 g/mol. The fourth-order valence-electron chi connectivity index (χ4n) is 2.35. The number of nitrogens with one attached hydrogen (secondary N) is 1. The van der Waals surface area contributed by atoms with Gasteiger partial charge in [-0.1, -0.05) is 44.2 Å². The van der Waals surface area contributed by atoms with Crippen molar-refractivity contribution < 1.29 is 14.3 Å². The summed E-state index contributed by atoms with van der Waals surface area (Å²) in [5, 5.41) is 2.70. The SMILES string of the molecule is CCc1ccc(OCc2ccccc2NC(=O)OC)c(CC)c1. The van der Waals surface area contributed by atoms with E-state index < -0.39 is 6.09 Å². The highest BCUT2D eigenvalue weighted by Crippen LogP contribution is 2.24. The van der Waals surface area contributed by atoms with Crippen LogP contribution in [0.5, 0.6) is 5.75 Å². The predicted molar refractivity (Wildman–Crippen MR) is 92.0 cm³/mol. The van der Waals surface area contributed by atoms with Crippen LogP contribution in [0.2, 0.25) is 0 Å². The van der Waals surface area contributed by atoms with E-state index in [9.17, 15) is 4.79 Å². The Labute approximate surface area is 137 Å². The van der Waals surface area contributed by atoms with Gasteiger partial charge in [-0.3, -0.25) is 5.32 Å². The van der Waals surface area contributed by atoms with E-state index in [0.717, 1.165) is 24.2 Å². The summed E-state index contributed by atoms with van der Waals surface area (Å²) < 4.78 is 10.6. The second-order valence-electron chi connectivity index (χ2n) is 5.21. The zero-order valence-electron chi connectivity index (χ0n) is 13.9. The van der Waals surface area contributed by atoms with Crippen LogP contribution in [0, 0.1) is 0 Å². The van der Waals surface area contributed by atoms with Crippen molar-refractivity contribution in [3.8, 4) is 5.75 Å². The second kappa shape index (κ2) is 8.22. The number of benzene rings is 2. The molecule has 2 rings (SSSR count). The molecule has 0 atom stereocenters. The minimum absolute atomic E-state index is 0.388. The van der Waals surface area contributed by atoms with Gasteiger partial charge in [-0.25, -0.2) is 4.79 Å². The van der Waals surface area contributed by atoms with Gasteiger partial charge in [0, 0.05) is 5.56 Å². The van der Waals surface area contributed by atoms with Gasteiger partial charge >= 0.3 is 6.09 Å². The minimum Gasteiger partial charge on any atom is -0.489 e. The quantitative estimate of drug-likeness (QED) is 0.850. The maximum absolute atomic E-state index is 11.4. The highest BCUT2D eigenvalue weighted by molar-refractivity contribution is 5.85. The Hall–Kier alpha value is -2.49. The molecule has 0 radical (unpaired) electrons. The third kappa shape index (κ3) is 4.49. The number of carbonyl (C=O) groups excluding carboxylic acids is 1. The molecule has 1 N–H and O–H groups in total. The third-order valence-electron chi connectivity index (χ3n) is 3.74. The molecule has 0 saturated heterocycles. The van der Waals surface area contributed by atoms with Crippen LogP contribution in [-0.4, -0.2) is 13.2 Å². The van der Waals surface area contributed by atoms with Crippen molar-refractivity contribution in [1.82, 2.24) is 0 Å². The van der Waals surface area contributed by atoms with Crippen LogP contribution in [0.1, 0.15) is 30.5 Å². The first-order chi connectivity index (χ1) is 11.2. The molecule has 2 aromatic rings. The van der Waals surface area contributed by atoms with Gasteiger partial charge in [-0.05, 0) is 36.1 Å². The standard InChI is InChI=1S/C19H23NO3/c1-4-14-10-11-18(15(5-2)12-14)23-13-16-8-6-7-9-17(16)20-19(21)22-3/h6-12H,4-5,13H2,1-3H3,(H,20,21). The summed E-state index contributed by atoms with van der Waals surface area (Å²) in [6.45, 7) is 4.65. The molecular formula is C19H23NO3. The number of hydrogen-bond donors (Lipinski definition) is 1. The molecule has 0 bridgehead atoms. The summed E-state index contributed by atoms with van der Waals surface area (Å²) >= 11 is 0. The molecule has 2 aromatic carbocycles. The van der Waals surface area contributed by atoms with Gasteiger partial charge in [0.05, 0.1) is 12.8 Å². The number of para-hydroxylation sites is 1. The Kier molecular flexibility index (Phi) is 6.03. The van der Waals surface area contributed by atoms with Crippen molar-refractivity contribution >= 4 is 11.8 Å². The summed E-state index contributed by atoms with van der Waals surface area (Å²) in [7, 11) is 1.34. The molecule has 0 saturated carbocycles. The zero-order chi connectivity index (χ0) is 16.7. The van der Waals surface area contributed by atoms with Gasteiger partial charge in [0.2, 0.25) is 0 Å². The Balaban J connectivity index is 2.13. The number of amides is 1. The number of ether oxygens (including phenoxy) is 2. The smallest absolute Gasteiger partial charge is 0.411 e. The normalized spacial score (nSPS) is 10.2. The van der Waals surface area contributed by atoms with Crippen LogP contribution >= 0.6 is 0 Å². The van der Waals surface area contributed by atoms with Crippen molar-refractivity contribution in [2.24, 2.45) is 0 Å². The fraction of sp³-hybridized carbons (Fsp3) is 0.316. The maximum atomic E-state index is 11.4. The van der Waals surface area contributed by atoms with Crippen LogP contribution in [0.15, 0.2) is 42.5 Å². The third-order valence-corrected chi connectivity index (χ3v) is 3.74. The monoisotopic (exact) mass is 313 g/mol. The molecule has 1 amide bonds. The molecule has 0 aromatic heterocycles. The average Bonchev–Trinajstić information content (AvgIpc) is 2.60. The van der Waals surface area contributed by atoms with Gasteiger partial charge in [-0.15, -0.1) is 0 Å². The topological polar surface area (TPSA) is 47.6 Å². The second-order valence-corrected chi connectivity index (χ2v) is 5.21. The van der Waals surface area contributed by atoms with Gasteiger partial charge < -0.3 is 9.47 Å². The number of methoxy groups -OCH3 is 1. The van der Waals surface area contributed by atoms with Crippen LogP contribution in [0.4, 0.5) is 10.5 Å². The molecule has 0 aliphatic heterocycles. The fourth-order valence-corrected chi connectivity index (χ4v) is 2.35. The van der Waals surface area contributed by atoms with Crippen LogP contribution < -0.4 is 10.1 Å². The van der Waals surface area contributed by atoms with Crippen molar-refractivity contribution in [1.29, 1.82) is 0 Å². The van der Waals surface area contributed by atoms with E-state index in [1.165, 1.54) is 18.2 Å². The van der Waals surface area contributed by atoms with Crippen LogP contribution in [0.3, 0.4) is 0 Å². The lowest BCUT2D eigenvalue weighted by molar-refractivity contribution is 0.187. The highest BCUT2D eigenvalue weighted by atomic mass is 16.5. The van der Waals surface area contributed by atoms with Crippen LogP contribution in [-0.2, 0) is 24.2 Å². The van der Waals surface area contributed by atoms with Crippen LogP contribution in [0.25, 0.3) is 0 Å². The molecule has 4 nitrogen and oxygen atoms in total. The molecule has 0 spiro atoms. The van der Waals surface area contributed by atoms with E-state index in [1.54, 1.807) is 0 Å². The van der Waals surface area contributed by atoms with E-state index >= 15 is 0 Å². The molecule has 0 heterocycles. The van der Waals surface area contributed by atoms with Gasteiger partial charge in [-0.2, -0.15) is 0 Å². The lowest BCUT2D eigenvalue weighted by Crippen LogP contribution is -2.13. The van der Waals surface area contributed by atoms with E-state index in [0.29, 0.717) is 12.3 Å². The van der Waals surface area contributed by atoms with E-state index in [2.05, 4.69) is 36.0 Å². The number of hydrogen-bond acceptors (Lipinski definition) is 3.